The Hall–Kier alpha value is -1.11. The molecule has 7 heteroatoms. The smallest absolute Gasteiger partial charge is 0.325 e. The number of carboxylic acids is 1. The maximum atomic E-state index is 11.0. The van der Waals surface area contributed by atoms with Crippen LogP contribution in [0.2, 0.25) is 0 Å². The van der Waals surface area contributed by atoms with Crippen LogP contribution in [0.15, 0.2) is 0 Å². The number of hydrogen-bond donors (Lipinski definition) is 3. The Bertz CT molecular complexity index is 257. The van der Waals surface area contributed by atoms with Crippen molar-refractivity contribution in [1.82, 2.24) is 10.6 Å². The van der Waals surface area contributed by atoms with Crippen LogP contribution in [0.25, 0.3) is 0 Å². The summed E-state index contributed by atoms with van der Waals surface area (Å²) in [6.07, 6.45) is 2.20. The van der Waals surface area contributed by atoms with Crippen LogP contribution in [-0.2, 0) is 15.6 Å². The first kappa shape index (κ1) is 13.9. The molecule has 3 N–H and O–H groups in total. The molecule has 6 nitrogen and oxygen atoms in total. The summed E-state index contributed by atoms with van der Waals surface area (Å²) < 4.78 is 10.7. The highest BCUT2D eigenvalue weighted by Gasteiger charge is 2.12. The average molecular weight is 236 g/mol. The molecule has 0 aromatic rings. The lowest BCUT2D eigenvalue weighted by Gasteiger charge is -2.10. The van der Waals surface area contributed by atoms with Crippen LogP contribution in [0.5, 0.6) is 0 Å². The summed E-state index contributed by atoms with van der Waals surface area (Å²) in [7, 11) is -0.864. The predicted octanol–water partition coefficient (Wildman–Crippen LogP) is -0.473. The molecule has 0 saturated heterocycles. The monoisotopic (exact) mass is 236 g/mol. The van der Waals surface area contributed by atoms with E-state index in [0.717, 1.165) is 0 Å². The highest BCUT2D eigenvalue weighted by atomic mass is 32.2. The third kappa shape index (κ3) is 7.92. The number of aliphatic carboxylic acids is 1. The molecule has 0 aromatic carbocycles. The second-order valence-corrected chi connectivity index (χ2v) is 4.65. The Morgan fingerprint density at radius 3 is 2.53 bits per heavy atom. The number of carbonyl (C=O) groups is 2. The van der Waals surface area contributed by atoms with Crippen molar-refractivity contribution in [3.05, 3.63) is 0 Å². The van der Waals surface area contributed by atoms with Crippen LogP contribution >= 0.6 is 0 Å². The Morgan fingerprint density at radius 1 is 1.47 bits per heavy atom. The number of urea groups is 1. The van der Waals surface area contributed by atoms with Gasteiger partial charge in [0.2, 0.25) is 0 Å². The average Bonchev–Trinajstić information content (AvgIpc) is 2.12. The largest absolute Gasteiger partial charge is 0.480 e. The molecule has 0 heterocycles. The fourth-order valence-corrected chi connectivity index (χ4v) is 1.34. The summed E-state index contributed by atoms with van der Waals surface area (Å²) in [5.74, 6) is -0.561. The van der Waals surface area contributed by atoms with Gasteiger partial charge in [-0.15, -0.1) is 0 Å². The molecule has 0 saturated carbocycles. The Balaban J connectivity index is 3.58. The van der Waals surface area contributed by atoms with E-state index in [1.165, 1.54) is 6.92 Å². The zero-order chi connectivity index (χ0) is 11.8. The summed E-state index contributed by atoms with van der Waals surface area (Å²) in [5.41, 5.74) is 0. The lowest BCUT2D eigenvalue weighted by atomic mass is 10.3. The molecule has 0 radical (unpaired) electrons. The molecule has 2 atom stereocenters. The van der Waals surface area contributed by atoms with Crippen LogP contribution in [0.1, 0.15) is 13.3 Å². The lowest BCUT2D eigenvalue weighted by Crippen LogP contribution is -2.44. The minimum Gasteiger partial charge on any atom is -0.480 e. The van der Waals surface area contributed by atoms with Gasteiger partial charge in [0, 0.05) is 29.4 Å². The highest BCUT2D eigenvalue weighted by Crippen LogP contribution is 1.83. The lowest BCUT2D eigenvalue weighted by molar-refractivity contribution is -0.138. The first-order chi connectivity index (χ1) is 6.93. The SMILES string of the molecule is C[C@H](NC(=O)NCCCS(C)=O)C(=O)O. The van der Waals surface area contributed by atoms with E-state index in [1.54, 1.807) is 6.26 Å². The van der Waals surface area contributed by atoms with Crippen molar-refractivity contribution in [2.45, 2.75) is 19.4 Å². The fraction of sp³-hybridized carbons (Fsp3) is 0.750. The maximum absolute atomic E-state index is 11.0. The van der Waals surface area contributed by atoms with E-state index < -0.39 is 28.8 Å². The molecule has 0 aliphatic carbocycles. The Labute approximate surface area is 90.9 Å². The molecule has 0 rings (SSSR count). The summed E-state index contributed by atoms with van der Waals surface area (Å²) in [6.45, 7) is 1.76. The van der Waals surface area contributed by atoms with Gasteiger partial charge in [0.05, 0.1) is 0 Å². The van der Waals surface area contributed by atoms with Crippen molar-refractivity contribution in [2.75, 3.05) is 18.6 Å². The zero-order valence-corrected chi connectivity index (χ0v) is 9.60. The summed E-state index contributed by atoms with van der Waals surface area (Å²) >= 11 is 0. The first-order valence-corrected chi connectivity index (χ1v) is 6.23. The topological polar surface area (TPSA) is 95.5 Å². The predicted molar refractivity (Wildman–Crippen MR) is 57.2 cm³/mol. The van der Waals surface area contributed by atoms with Gasteiger partial charge in [0.1, 0.15) is 6.04 Å². The van der Waals surface area contributed by atoms with Crippen molar-refractivity contribution in [1.29, 1.82) is 0 Å². The first-order valence-electron chi connectivity index (χ1n) is 4.50. The maximum Gasteiger partial charge on any atom is 0.325 e. The summed E-state index contributed by atoms with van der Waals surface area (Å²) in [4.78, 5) is 21.4. The molecule has 88 valence electrons. The van der Waals surface area contributed by atoms with Gasteiger partial charge in [-0.25, -0.2) is 4.79 Å². The number of amides is 2. The number of carboxylic acid groups (broad SMARTS) is 1. The Morgan fingerprint density at radius 2 is 2.07 bits per heavy atom. The molecular weight excluding hydrogens is 220 g/mol. The van der Waals surface area contributed by atoms with Crippen molar-refractivity contribution >= 4 is 22.8 Å². The van der Waals surface area contributed by atoms with Gasteiger partial charge in [-0.05, 0) is 13.3 Å². The van der Waals surface area contributed by atoms with E-state index in [2.05, 4.69) is 10.6 Å². The molecule has 0 bridgehead atoms. The fourth-order valence-electron chi connectivity index (χ4n) is 0.787. The van der Waals surface area contributed by atoms with E-state index in [4.69, 9.17) is 5.11 Å². The quantitative estimate of drug-likeness (QED) is 0.543. The third-order valence-corrected chi connectivity index (χ3v) is 2.48. The van der Waals surface area contributed by atoms with Crippen LogP contribution < -0.4 is 10.6 Å². The van der Waals surface area contributed by atoms with Crippen molar-refractivity contribution in [2.24, 2.45) is 0 Å². The van der Waals surface area contributed by atoms with Crippen LogP contribution in [0, 0.1) is 0 Å². The van der Waals surface area contributed by atoms with Crippen molar-refractivity contribution in [3.63, 3.8) is 0 Å². The van der Waals surface area contributed by atoms with E-state index in [9.17, 15) is 13.8 Å². The molecule has 0 aromatic heterocycles. The van der Waals surface area contributed by atoms with E-state index >= 15 is 0 Å². The minimum absolute atomic E-state index is 0.387. The van der Waals surface area contributed by atoms with Gasteiger partial charge < -0.3 is 15.7 Å². The number of rotatable bonds is 6. The molecule has 1 unspecified atom stereocenters. The third-order valence-electron chi connectivity index (χ3n) is 1.61. The number of hydrogen-bond acceptors (Lipinski definition) is 3. The van der Waals surface area contributed by atoms with Crippen LogP contribution in [0.4, 0.5) is 4.79 Å². The highest BCUT2D eigenvalue weighted by molar-refractivity contribution is 7.84. The van der Waals surface area contributed by atoms with Gasteiger partial charge >= 0.3 is 12.0 Å². The molecule has 0 spiro atoms. The molecule has 15 heavy (non-hydrogen) atoms. The molecule has 2 amide bonds. The second kappa shape index (κ2) is 7.22. The van der Waals surface area contributed by atoms with E-state index in [1.807, 2.05) is 0 Å². The summed E-state index contributed by atoms with van der Waals surface area (Å²) in [5, 5.41) is 13.2. The standard InChI is InChI=1S/C8H16N2O4S/c1-6(7(11)12)10-8(13)9-4-3-5-15(2)14/h6H,3-5H2,1-2H3,(H,11,12)(H2,9,10,13)/t6-,15?/m0/s1. The number of nitrogens with one attached hydrogen (secondary N) is 2. The second-order valence-electron chi connectivity index (χ2n) is 3.09. The summed E-state index contributed by atoms with van der Waals surface area (Å²) in [6, 6.07) is -1.43. The number of carbonyl (C=O) groups excluding carboxylic acids is 1. The molecule has 0 aliphatic heterocycles. The normalized spacial score (nSPS) is 14.0. The van der Waals surface area contributed by atoms with Crippen molar-refractivity contribution < 1.29 is 18.9 Å². The van der Waals surface area contributed by atoms with Gasteiger partial charge in [0.15, 0.2) is 0 Å². The van der Waals surface area contributed by atoms with E-state index in [-0.39, 0.29) is 0 Å². The zero-order valence-electron chi connectivity index (χ0n) is 8.78. The van der Waals surface area contributed by atoms with Gasteiger partial charge in [-0.1, -0.05) is 0 Å². The van der Waals surface area contributed by atoms with Crippen molar-refractivity contribution in [3.8, 4) is 0 Å². The molecular formula is C8H16N2O4S. The van der Waals surface area contributed by atoms with Crippen LogP contribution in [-0.4, -0.2) is 45.9 Å². The van der Waals surface area contributed by atoms with Crippen LogP contribution in [0.3, 0.4) is 0 Å². The van der Waals surface area contributed by atoms with Gasteiger partial charge in [-0.2, -0.15) is 0 Å². The molecule has 0 fully saturated rings. The van der Waals surface area contributed by atoms with Gasteiger partial charge in [0.25, 0.3) is 0 Å². The molecule has 0 aliphatic rings. The minimum atomic E-state index is -1.08. The Kier molecular flexibility index (Phi) is 6.68. The van der Waals surface area contributed by atoms with Gasteiger partial charge in [-0.3, -0.25) is 9.00 Å². The van der Waals surface area contributed by atoms with E-state index in [0.29, 0.717) is 18.7 Å².